The van der Waals surface area contributed by atoms with Crippen LogP contribution in [-0.4, -0.2) is 54.1 Å². The number of hydrogen-bond donors (Lipinski definition) is 2. The summed E-state index contributed by atoms with van der Waals surface area (Å²) in [5.41, 5.74) is -0.570. The molecule has 0 aromatic heterocycles. The minimum Gasteiger partial charge on any atom is -0.465 e. The number of rotatable bonds is 4. The Kier molecular flexibility index (Phi) is 6.84. The number of carboxylic acid groups (broad SMARTS) is 1. The van der Waals surface area contributed by atoms with Gasteiger partial charge in [0.05, 0.1) is 17.9 Å². The molecule has 0 spiro atoms. The number of nitrogens with zero attached hydrogens (tertiary/aromatic N) is 2. The molecule has 0 fully saturated rings. The number of amides is 3. The molecule has 3 amide bonds. The summed E-state index contributed by atoms with van der Waals surface area (Å²) in [6, 6.07) is 4.66. The van der Waals surface area contributed by atoms with E-state index >= 15 is 0 Å². The van der Waals surface area contributed by atoms with Crippen molar-refractivity contribution in [3.05, 3.63) is 24.3 Å². The first kappa shape index (κ1) is 23.3. The molecule has 11 heteroatoms. The highest BCUT2D eigenvalue weighted by molar-refractivity contribution is 6.06. The van der Waals surface area contributed by atoms with Gasteiger partial charge in [0.2, 0.25) is 0 Å². The average Bonchev–Trinajstić information content (AvgIpc) is 2.69. The Balaban J connectivity index is 2.36. The monoisotopic (exact) mass is 431 g/mol. The molecule has 0 unspecified atom stereocenters. The molecule has 0 saturated heterocycles. The molecule has 8 nitrogen and oxygen atoms in total. The van der Waals surface area contributed by atoms with Crippen molar-refractivity contribution in [1.29, 1.82) is 0 Å². The quantitative estimate of drug-likeness (QED) is 0.757. The molecule has 1 aromatic rings. The molecule has 0 radical (unpaired) electrons. The maximum Gasteiger partial charge on any atom is 0.411 e. The van der Waals surface area contributed by atoms with Gasteiger partial charge in [-0.3, -0.25) is 9.69 Å². The van der Waals surface area contributed by atoms with E-state index in [0.29, 0.717) is 0 Å². The van der Waals surface area contributed by atoms with Gasteiger partial charge in [-0.25, -0.2) is 9.59 Å². The predicted molar refractivity (Wildman–Crippen MR) is 103 cm³/mol. The first-order valence-corrected chi connectivity index (χ1v) is 9.25. The van der Waals surface area contributed by atoms with E-state index in [-0.39, 0.29) is 24.3 Å². The Morgan fingerprint density at radius 1 is 1.20 bits per heavy atom. The van der Waals surface area contributed by atoms with Crippen LogP contribution in [0, 0.1) is 0 Å². The summed E-state index contributed by atoms with van der Waals surface area (Å²) in [6.45, 7) is 4.13. The Morgan fingerprint density at radius 2 is 1.80 bits per heavy atom. The van der Waals surface area contributed by atoms with Gasteiger partial charge >= 0.3 is 18.4 Å². The van der Waals surface area contributed by atoms with E-state index in [2.05, 4.69) is 5.32 Å². The van der Waals surface area contributed by atoms with Gasteiger partial charge in [-0.05, 0) is 39.3 Å². The van der Waals surface area contributed by atoms with E-state index in [4.69, 9.17) is 4.74 Å². The lowest BCUT2D eigenvalue weighted by molar-refractivity contribution is -0.135. The van der Waals surface area contributed by atoms with Gasteiger partial charge in [-0.15, -0.1) is 0 Å². The lowest BCUT2D eigenvalue weighted by atomic mass is 10.2. The zero-order valence-corrected chi connectivity index (χ0v) is 16.8. The standard InChI is InChI=1S/C19H24F3N3O5/c1-18(2,3)30-16(27)23-12-11-25(17(28)29)14-8-5-4-7-13(14)24(15(12)26)10-6-9-19(20,21)22/h4-5,7-8,12H,6,9-11H2,1-3H3,(H,23,27)(H,28,29)/t12-/m0/s1. The third-order valence-electron chi connectivity index (χ3n) is 4.16. The number of ether oxygens (including phenoxy) is 1. The van der Waals surface area contributed by atoms with Crippen molar-refractivity contribution in [3.63, 3.8) is 0 Å². The third-order valence-corrected chi connectivity index (χ3v) is 4.16. The maximum atomic E-state index is 13.1. The zero-order valence-electron chi connectivity index (χ0n) is 16.8. The molecule has 2 rings (SSSR count). The van der Waals surface area contributed by atoms with Gasteiger partial charge in [0.25, 0.3) is 5.91 Å². The first-order chi connectivity index (χ1) is 13.8. The lowest BCUT2D eigenvalue weighted by Gasteiger charge is -2.26. The number of hydrogen-bond acceptors (Lipinski definition) is 4. The van der Waals surface area contributed by atoms with Gasteiger partial charge in [-0.2, -0.15) is 13.2 Å². The number of nitrogens with one attached hydrogen (secondary N) is 1. The fourth-order valence-electron chi connectivity index (χ4n) is 2.99. The first-order valence-electron chi connectivity index (χ1n) is 9.25. The van der Waals surface area contributed by atoms with E-state index in [1.54, 1.807) is 32.9 Å². The van der Waals surface area contributed by atoms with E-state index in [1.165, 1.54) is 12.1 Å². The third kappa shape index (κ3) is 6.26. The van der Waals surface area contributed by atoms with Crippen molar-refractivity contribution in [2.75, 3.05) is 22.9 Å². The van der Waals surface area contributed by atoms with Crippen LogP contribution in [0.1, 0.15) is 33.6 Å². The van der Waals surface area contributed by atoms with Crippen LogP contribution in [0.15, 0.2) is 24.3 Å². The minimum atomic E-state index is -4.39. The molecule has 0 bridgehead atoms. The highest BCUT2D eigenvalue weighted by Gasteiger charge is 2.38. The second-order valence-electron chi connectivity index (χ2n) is 7.79. The zero-order chi connectivity index (χ0) is 22.7. The van der Waals surface area contributed by atoms with Gasteiger partial charge in [0, 0.05) is 13.0 Å². The number of benzene rings is 1. The number of fused-ring (bicyclic) bond motifs is 1. The van der Waals surface area contributed by atoms with E-state index in [0.717, 1.165) is 9.80 Å². The van der Waals surface area contributed by atoms with Crippen molar-refractivity contribution in [2.24, 2.45) is 0 Å². The summed E-state index contributed by atoms with van der Waals surface area (Å²) < 4.78 is 42.9. The Hall–Kier alpha value is -2.98. The van der Waals surface area contributed by atoms with Crippen LogP contribution >= 0.6 is 0 Å². The van der Waals surface area contributed by atoms with E-state index < -0.39 is 48.9 Å². The molecular formula is C19H24F3N3O5. The van der Waals surface area contributed by atoms with Gasteiger partial charge in [0.1, 0.15) is 11.6 Å². The second kappa shape index (κ2) is 8.80. The highest BCUT2D eigenvalue weighted by Crippen LogP contribution is 2.33. The predicted octanol–water partition coefficient (Wildman–Crippen LogP) is 3.75. The number of carbonyl (C=O) groups excluding carboxylic acids is 2. The van der Waals surface area contributed by atoms with Crippen molar-refractivity contribution in [2.45, 2.75) is 51.4 Å². The highest BCUT2D eigenvalue weighted by atomic mass is 19.4. The molecule has 1 aromatic carbocycles. The number of alkyl halides is 3. The van der Waals surface area contributed by atoms with Gasteiger partial charge in [-0.1, -0.05) is 12.1 Å². The van der Waals surface area contributed by atoms with Crippen LogP contribution in [0.4, 0.5) is 34.1 Å². The fraction of sp³-hybridized carbons (Fsp3) is 0.526. The largest absolute Gasteiger partial charge is 0.465 e. The molecule has 1 aliphatic rings. The van der Waals surface area contributed by atoms with Crippen molar-refractivity contribution >= 4 is 29.5 Å². The lowest BCUT2D eigenvalue weighted by Crippen LogP contribution is -2.53. The van der Waals surface area contributed by atoms with Crippen molar-refractivity contribution in [3.8, 4) is 0 Å². The van der Waals surface area contributed by atoms with Crippen LogP contribution < -0.4 is 15.1 Å². The summed E-state index contributed by atoms with van der Waals surface area (Å²) in [4.78, 5) is 39.0. The summed E-state index contributed by atoms with van der Waals surface area (Å²) in [5, 5.41) is 11.9. The summed E-state index contributed by atoms with van der Waals surface area (Å²) in [6.07, 6.45) is -8.19. The Labute approximate surface area is 171 Å². The van der Waals surface area contributed by atoms with Gasteiger partial charge in [0.15, 0.2) is 0 Å². The van der Waals surface area contributed by atoms with Crippen LogP contribution in [-0.2, 0) is 9.53 Å². The number of carbonyl (C=O) groups is 3. The summed E-state index contributed by atoms with van der Waals surface area (Å²) >= 11 is 0. The number of para-hydroxylation sites is 2. The van der Waals surface area contributed by atoms with E-state index in [9.17, 15) is 32.7 Å². The molecular weight excluding hydrogens is 407 g/mol. The van der Waals surface area contributed by atoms with Crippen molar-refractivity contribution in [1.82, 2.24) is 5.32 Å². The Bertz CT molecular complexity index is 807. The number of halogens is 3. The number of alkyl carbamates (subject to hydrolysis) is 1. The molecule has 0 aliphatic carbocycles. The summed E-state index contributed by atoms with van der Waals surface area (Å²) in [5.74, 6) is -0.723. The van der Waals surface area contributed by atoms with Crippen LogP contribution in [0.3, 0.4) is 0 Å². The molecule has 1 heterocycles. The van der Waals surface area contributed by atoms with Crippen LogP contribution in [0.25, 0.3) is 0 Å². The van der Waals surface area contributed by atoms with E-state index in [1.807, 2.05) is 0 Å². The summed E-state index contributed by atoms with van der Waals surface area (Å²) in [7, 11) is 0. The van der Waals surface area contributed by atoms with Crippen molar-refractivity contribution < 1.29 is 37.4 Å². The molecule has 166 valence electrons. The van der Waals surface area contributed by atoms with Crippen LogP contribution in [0.5, 0.6) is 0 Å². The van der Waals surface area contributed by atoms with Crippen LogP contribution in [0.2, 0.25) is 0 Å². The SMILES string of the molecule is CC(C)(C)OC(=O)N[C@H]1CN(C(=O)O)c2ccccc2N(CCCC(F)(F)F)C1=O. The average molecular weight is 431 g/mol. The maximum absolute atomic E-state index is 13.1. The normalized spacial score (nSPS) is 17.3. The smallest absolute Gasteiger partial charge is 0.411 e. The Morgan fingerprint density at radius 3 is 2.33 bits per heavy atom. The molecule has 1 aliphatic heterocycles. The second-order valence-corrected chi connectivity index (χ2v) is 7.79. The topological polar surface area (TPSA) is 99.2 Å². The molecule has 1 atom stereocenters. The molecule has 30 heavy (non-hydrogen) atoms. The van der Waals surface area contributed by atoms with Gasteiger partial charge < -0.3 is 20.1 Å². The molecule has 0 saturated carbocycles. The number of anilines is 2. The molecule has 2 N–H and O–H groups in total. The fourth-order valence-corrected chi connectivity index (χ4v) is 2.99. The minimum absolute atomic E-state index is 0.138.